The molecule has 0 aromatic carbocycles. The molecular weight excluding hydrogens is 254 g/mol. The van der Waals surface area contributed by atoms with E-state index in [2.05, 4.69) is 20.6 Å². The van der Waals surface area contributed by atoms with E-state index in [4.69, 9.17) is 17.3 Å². The number of urea groups is 1. The summed E-state index contributed by atoms with van der Waals surface area (Å²) in [6.07, 6.45) is 1.58. The molecular formula is C11H16ClN5O. The number of nitrogens with zero attached hydrogens (tertiary/aromatic N) is 2. The Labute approximate surface area is 111 Å². The number of anilines is 1. The number of aromatic nitrogens is 1. The summed E-state index contributed by atoms with van der Waals surface area (Å²) >= 11 is 5.95. The number of hydrogen-bond acceptors (Lipinski definition) is 3. The van der Waals surface area contributed by atoms with Gasteiger partial charge in [0.1, 0.15) is 0 Å². The minimum Gasteiger partial charge on any atom is -0.351 e. The highest BCUT2D eigenvalue weighted by molar-refractivity contribution is 6.33. The van der Waals surface area contributed by atoms with Crippen LogP contribution in [0, 0.1) is 0 Å². The molecule has 18 heavy (non-hydrogen) atoms. The van der Waals surface area contributed by atoms with Gasteiger partial charge in [0.05, 0.1) is 10.6 Å². The molecule has 4 N–H and O–H groups in total. The van der Waals surface area contributed by atoms with E-state index in [0.717, 1.165) is 0 Å². The fraction of sp³-hybridized carbons (Fsp3) is 0.364. The maximum Gasteiger partial charge on any atom is 0.318 e. The number of nitrogens with one attached hydrogen (secondary N) is 2. The average Bonchev–Trinajstić information content (AvgIpc) is 2.17. The standard InChI is InChI=1S/C11H16ClN5O/c1-11(2,3)17-10(16-9(13)18)15-8-7(12)5-4-6-14-8/h4-6H,1-3H3,(H4,13,14,15,16,17,18). The molecule has 2 amide bonds. The van der Waals surface area contributed by atoms with Crippen LogP contribution in [0.4, 0.5) is 10.6 Å². The summed E-state index contributed by atoms with van der Waals surface area (Å²) < 4.78 is 0. The summed E-state index contributed by atoms with van der Waals surface area (Å²) in [6, 6.07) is 2.67. The molecule has 0 spiro atoms. The van der Waals surface area contributed by atoms with E-state index in [1.807, 2.05) is 20.8 Å². The third-order valence-corrected chi connectivity index (χ3v) is 1.99. The van der Waals surface area contributed by atoms with Crippen LogP contribution >= 0.6 is 11.6 Å². The van der Waals surface area contributed by atoms with Crippen molar-refractivity contribution in [3.8, 4) is 0 Å². The van der Waals surface area contributed by atoms with Crippen molar-refractivity contribution in [1.29, 1.82) is 0 Å². The van der Waals surface area contributed by atoms with Crippen LogP contribution in [0.3, 0.4) is 0 Å². The zero-order valence-electron chi connectivity index (χ0n) is 10.5. The number of aliphatic imine (C=N–C) groups is 1. The van der Waals surface area contributed by atoms with E-state index in [1.54, 1.807) is 18.3 Å². The van der Waals surface area contributed by atoms with Crippen molar-refractivity contribution in [2.75, 3.05) is 5.32 Å². The van der Waals surface area contributed by atoms with Gasteiger partial charge in [-0.3, -0.25) is 5.32 Å². The minimum atomic E-state index is -0.711. The summed E-state index contributed by atoms with van der Waals surface area (Å²) in [5.41, 5.74) is 4.70. The lowest BCUT2D eigenvalue weighted by Gasteiger charge is -2.17. The van der Waals surface area contributed by atoms with Crippen LogP contribution in [0.25, 0.3) is 0 Å². The number of guanidine groups is 1. The lowest BCUT2D eigenvalue weighted by molar-refractivity contribution is 0.253. The Kier molecular flexibility index (Phi) is 4.49. The summed E-state index contributed by atoms with van der Waals surface area (Å²) in [5, 5.41) is 5.64. The third kappa shape index (κ3) is 5.01. The van der Waals surface area contributed by atoms with Crippen molar-refractivity contribution in [2.24, 2.45) is 10.7 Å². The Morgan fingerprint density at radius 1 is 1.50 bits per heavy atom. The largest absolute Gasteiger partial charge is 0.351 e. The first-order valence-electron chi connectivity index (χ1n) is 5.32. The van der Waals surface area contributed by atoms with E-state index < -0.39 is 6.03 Å². The molecule has 0 unspecified atom stereocenters. The average molecular weight is 270 g/mol. The van der Waals surface area contributed by atoms with Crippen LogP contribution in [-0.4, -0.2) is 22.5 Å². The molecule has 7 heteroatoms. The Balaban J connectivity index is 2.96. The van der Waals surface area contributed by atoms with E-state index >= 15 is 0 Å². The Morgan fingerprint density at radius 3 is 2.67 bits per heavy atom. The number of nitrogens with two attached hydrogens (primary N) is 1. The van der Waals surface area contributed by atoms with Gasteiger partial charge in [-0.2, -0.15) is 0 Å². The number of carbonyl (C=O) groups excluding carboxylic acids is 1. The van der Waals surface area contributed by atoms with E-state index in [1.165, 1.54) is 0 Å². The second-order valence-electron chi connectivity index (χ2n) is 4.58. The highest BCUT2D eigenvalue weighted by Crippen LogP contribution is 2.17. The fourth-order valence-corrected chi connectivity index (χ4v) is 1.30. The quantitative estimate of drug-likeness (QED) is 0.537. The number of primary amides is 1. The molecule has 0 saturated carbocycles. The van der Waals surface area contributed by atoms with Gasteiger partial charge in [0.2, 0.25) is 5.96 Å². The van der Waals surface area contributed by atoms with Gasteiger partial charge in [-0.1, -0.05) is 11.6 Å². The Bertz CT molecular complexity index is 467. The van der Waals surface area contributed by atoms with Crippen LogP contribution in [0.2, 0.25) is 5.02 Å². The van der Waals surface area contributed by atoms with Gasteiger partial charge in [0, 0.05) is 6.20 Å². The molecule has 1 aromatic rings. The van der Waals surface area contributed by atoms with Gasteiger partial charge in [-0.15, -0.1) is 0 Å². The molecule has 1 rings (SSSR count). The molecule has 0 fully saturated rings. The molecule has 0 bridgehead atoms. The van der Waals surface area contributed by atoms with Gasteiger partial charge < -0.3 is 11.1 Å². The summed E-state index contributed by atoms with van der Waals surface area (Å²) in [5.74, 6) is 0.603. The Morgan fingerprint density at radius 2 is 2.17 bits per heavy atom. The van der Waals surface area contributed by atoms with Crippen LogP contribution in [0.15, 0.2) is 23.3 Å². The van der Waals surface area contributed by atoms with Gasteiger partial charge in [-0.25, -0.2) is 14.8 Å². The van der Waals surface area contributed by atoms with Crippen molar-refractivity contribution in [2.45, 2.75) is 26.3 Å². The summed E-state index contributed by atoms with van der Waals surface area (Å²) in [7, 11) is 0. The SMILES string of the molecule is CC(C)(C)N=C(NC(N)=O)Nc1ncccc1Cl. The van der Waals surface area contributed by atoms with Crippen molar-refractivity contribution < 1.29 is 4.79 Å². The maximum atomic E-state index is 10.9. The number of carbonyl (C=O) groups is 1. The summed E-state index contributed by atoms with van der Waals surface area (Å²) in [4.78, 5) is 19.2. The lowest BCUT2D eigenvalue weighted by atomic mass is 10.1. The first kappa shape index (κ1) is 14.2. The highest BCUT2D eigenvalue weighted by atomic mass is 35.5. The van der Waals surface area contributed by atoms with Crippen LogP contribution in [0.5, 0.6) is 0 Å². The van der Waals surface area contributed by atoms with E-state index in [9.17, 15) is 4.79 Å². The van der Waals surface area contributed by atoms with Crippen LogP contribution < -0.4 is 16.4 Å². The lowest BCUT2D eigenvalue weighted by Crippen LogP contribution is -2.41. The smallest absolute Gasteiger partial charge is 0.318 e. The van der Waals surface area contributed by atoms with E-state index in [-0.39, 0.29) is 11.5 Å². The van der Waals surface area contributed by atoms with Crippen LogP contribution in [0.1, 0.15) is 20.8 Å². The molecule has 98 valence electrons. The predicted molar refractivity (Wildman–Crippen MR) is 72.8 cm³/mol. The third-order valence-electron chi connectivity index (χ3n) is 1.68. The van der Waals surface area contributed by atoms with Gasteiger partial charge in [0.15, 0.2) is 5.82 Å². The predicted octanol–water partition coefficient (Wildman–Crippen LogP) is 1.97. The van der Waals surface area contributed by atoms with E-state index in [0.29, 0.717) is 10.8 Å². The molecule has 1 aromatic heterocycles. The molecule has 0 aliphatic carbocycles. The number of pyridine rings is 1. The number of halogens is 1. The topological polar surface area (TPSA) is 92.4 Å². The second-order valence-corrected chi connectivity index (χ2v) is 4.99. The normalized spacial score (nSPS) is 12.1. The second kappa shape index (κ2) is 5.68. The van der Waals surface area contributed by atoms with Gasteiger partial charge >= 0.3 is 6.03 Å². The number of amides is 2. The number of hydrogen-bond donors (Lipinski definition) is 3. The molecule has 0 aliphatic rings. The molecule has 0 atom stereocenters. The molecule has 0 aliphatic heterocycles. The minimum absolute atomic E-state index is 0.204. The first-order chi connectivity index (χ1) is 8.28. The fourth-order valence-electron chi connectivity index (χ4n) is 1.13. The molecule has 1 heterocycles. The van der Waals surface area contributed by atoms with Crippen molar-refractivity contribution in [1.82, 2.24) is 10.3 Å². The van der Waals surface area contributed by atoms with Crippen molar-refractivity contribution in [3.63, 3.8) is 0 Å². The zero-order valence-corrected chi connectivity index (χ0v) is 11.2. The summed E-state index contributed by atoms with van der Waals surface area (Å²) in [6.45, 7) is 5.66. The monoisotopic (exact) mass is 269 g/mol. The Hall–Kier alpha value is -1.82. The van der Waals surface area contributed by atoms with Crippen LogP contribution in [-0.2, 0) is 0 Å². The molecule has 6 nitrogen and oxygen atoms in total. The highest BCUT2D eigenvalue weighted by Gasteiger charge is 2.13. The van der Waals surface area contributed by atoms with Gasteiger partial charge in [-0.05, 0) is 32.9 Å². The molecule has 0 saturated heterocycles. The first-order valence-corrected chi connectivity index (χ1v) is 5.69. The van der Waals surface area contributed by atoms with Crippen molar-refractivity contribution >= 4 is 29.4 Å². The van der Waals surface area contributed by atoms with Gasteiger partial charge in [0.25, 0.3) is 0 Å². The van der Waals surface area contributed by atoms with Crippen molar-refractivity contribution in [3.05, 3.63) is 23.4 Å². The number of rotatable bonds is 1. The molecule has 0 radical (unpaired) electrons. The maximum absolute atomic E-state index is 10.9. The zero-order chi connectivity index (χ0) is 13.8.